The maximum Gasteiger partial charge on any atom is 1.00 e. The SMILES string of the molecule is CCCCCCCC/C=C\CCCCCCCC(=O)OC[C@@H](O)COP(=O)([O-])OCC(O)CO.[Na+]. The molecule has 0 amide bonds. The second-order valence-corrected chi connectivity index (χ2v) is 9.96. The molecule has 0 aromatic carbocycles. The minimum Gasteiger partial charge on any atom is -0.756 e. The molecule has 0 saturated carbocycles. The van der Waals surface area contributed by atoms with Gasteiger partial charge in [-0.1, -0.05) is 70.4 Å². The third-order valence-electron chi connectivity index (χ3n) is 5.14. The van der Waals surface area contributed by atoms with Crippen LogP contribution >= 0.6 is 7.82 Å². The Kier molecular flexibility index (Phi) is 27.6. The van der Waals surface area contributed by atoms with Crippen molar-refractivity contribution < 1.29 is 72.9 Å². The number of unbranched alkanes of at least 4 members (excludes halogenated alkanes) is 11. The Balaban J connectivity index is 0. The van der Waals surface area contributed by atoms with E-state index in [9.17, 15) is 19.4 Å². The van der Waals surface area contributed by atoms with Gasteiger partial charge in [-0.2, -0.15) is 0 Å². The average Bonchev–Trinajstić information content (AvgIpc) is 2.82. The summed E-state index contributed by atoms with van der Waals surface area (Å²) in [6, 6.07) is 0. The summed E-state index contributed by atoms with van der Waals surface area (Å²) in [5, 5.41) is 27.3. The number of rotatable bonds is 24. The van der Waals surface area contributed by atoms with Crippen molar-refractivity contribution in [3.05, 3.63) is 12.2 Å². The zero-order valence-corrected chi connectivity index (χ0v) is 24.7. The Bertz CT molecular complexity index is 563. The summed E-state index contributed by atoms with van der Waals surface area (Å²) in [5.74, 6) is -0.454. The summed E-state index contributed by atoms with van der Waals surface area (Å²) in [6.45, 7) is -0.105. The molecule has 11 heteroatoms. The Morgan fingerprint density at radius 3 is 1.86 bits per heavy atom. The molecule has 0 bridgehead atoms. The van der Waals surface area contributed by atoms with E-state index >= 15 is 0 Å². The van der Waals surface area contributed by atoms with E-state index in [4.69, 9.17) is 14.9 Å². The predicted molar refractivity (Wildman–Crippen MR) is 129 cm³/mol. The van der Waals surface area contributed by atoms with Gasteiger partial charge in [0.1, 0.15) is 18.8 Å². The quantitative estimate of drug-likeness (QED) is 0.0540. The molecule has 0 rings (SSSR count). The fourth-order valence-electron chi connectivity index (χ4n) is 3.09. The Hall–Kier alpha value is 0.200. The molecule has 0 aliphatic heterocycles. The number of carbonyl (C=O) groups is 1. The molecule has 202 valence electrons. The third kappa shape index (κ3) is 27.1. The second-order valence-electron chi connectivity index (χ2n) is 8.55. The number of esters is 1. The molecule has 3 atom stereocenters. The summed E-state index contributed by atoms with van der Waals surface area (Å²) < 4.78 is 25.1. The van der Waals surface area contributed by atoms with Crippen molar-refractivity contribution in [2.45, 2.75) is 109 Å². The number of aliphatic hydroxyl groups excluding tert-OH is 3. The van der Waals surface area contributed by atoms with Crippen molar-refractivity contribution >= 4 is 13.8 Å². The van der Waals surface area contributed by atoms with Crippen LogP contribution < -0.4 is 34.5 Å². The summed E-state index contributed by atoms with van der Waals surface area (Å²) in [4.78, 5) is 23.1. The Morgan fingerprint density at radius 1 is 0.829 bits per heavy atom. The first-order valence-corrected chi connectivity index (χ1v) is 14.1. The van der Waals surface area contributed by atoms with Crippen molar-refractivity contribution in [2.24, 2.45) is 0 Å². The van der Waals surface area contributed by atoms with Crippen molar-refractivity contribution in [3.8, 4) is 0 Å². The van der Waals surface area contributed by atoms with Crippen molar-refractivity contribution in [2.75, 3.05) is 26.4 Å². The smallest absolute Gasteiger partial charge is 0.756 e. The van der Waals surface area contributed by atoms with Gasteiger partial charge < -0.3 is 34.0 Å². The van der Waals surface area contributed by atoms with E-state index in [-0.39, 0.29) is 42.6 Å². The normalized spacial score (nSPS) is 14.9. The predicted octanol–water partition coefficient (Wildman–Crippen LogP) is 0.787. The molecule has 0 aliphatic rings. The standard InChI is InChI=1S/C24H47O9P.Na/c1-2-3-4-5-6-7-8-9-10-11-12-13-14-15-16-17-24(28)31-19-23(27)21-33-34(29,30)32-20-22(26)18-25;/h9-10,22-23,25-27H,2-8,11-21H2,1H3,(H,29,30);/q;+1/p-1/b10-9-;/t22?,23-;/m1./s1. The van der Waals surface area contributed by atoms with E-state index in [1.807, 2.05) is 0 Å². The molecule has 2 unspecified atom stereocenters. The first kappa shape index (κ1) is 37.4. The Labute approximate surface area is 233 Å². The molecular weight excluding hydrogens is 486 g/mol. The van der Waals surface area contributed by atoms with Crippen LogP contribution in [0.25, 0.3) is 0 Å². The number of hydrogen-bond acceptors (Lipinski definition) is 9. The molecule has 0 aliphatic carbocycles. The third-order valence-corrected chi connectivity index (χ3v) is 6.07. The minimum absolute atomic E-state index is 0. The number of allylic oxidation sites excluding steroid dienone is 2. The van der Waals surface area contributed by atoms with Crippen molar-refractivity contribution in [3.63, 3.8) is 0 Å². The van der Waals surface area contributed by atoms with Crippen LogP contribution in [0.15, 0.2) is 12.2 Å². The van der Waals surface area contributed by atoms with Gasteiger partial charge in [-0.3, -0.25) is 9.36 Å². The van der Waals surface area contributed by atoms with Crippen molar-refractivity contribution in [1.29, 1.82) is 0 Å². The van der Waals surface area contributed by atoms with E-state index in [1.54, 1.807) is 0 Å². The van der Waals surface area contributed by atoms with Crippen LogP contribution in [0.1, 0.15) is 96.8 Å². The molecule has 0 aromatic heterocycles. The molecule has 0 fully saturated rings. The first-order chi connectivity index (χ1) is 16.3. The van der Waals surface area contributed by atoms with Crippen molar-refractivity contribution in [1.82, 2.24) is 0 Å². The fraction of sp³-hybridized carbons (Fsp3) is 0.875. The molecule has 0 aromatic rings. The average molecular weight is 533 g/mol. The Morgan fingerprint density at radius 2 is 1.31 bits per heavy atom. The van der Waals surface area contributed by atoms with E-state index in [0.717, 1.165) is 32.1 Å². The van der Waals surface area contributed by atoms with Gasteiger partial charge in [0.05, 0.1) is 19.8 Å². The number of aliphatic hydroxyl groups is 3. The van der Waals surface area contributed by atoms with Gasteiger partial charge in [0.25, 0.3) is 7.82 Å². The van der Waals surface area contributed by atoms with E-state index < -0.39 is 45.8 Å². The maximum absolute atomic E-state index is 11.7. The zero-order chi connectivity index (χ0) is 25.5. The van der Waals surface area contributed by atoms with Crippen LogP contribution in [-0.2, 0) is 23.1 Å². The molecule has 35 heavy (non-hydrogen) atoms. The van der Waals surface area contributed by atoms with Gasteiger partial charge in [0, 0.05) is 6.42 Å². The fourth-order valence-corrected chi connectivity index (χ4v) is 3.88. The van der Waals surface area contributed by atoms with Crippen LogP contribution in [0, 0.1) is 0 Å². The van der Waals surface area contributed by atoms with E-state index in [0.29, 0.717) is 6.42 Å². The van der Waals surface area contributed by atoms with Crippen LogP contribution in [-0.4, -0.2) is 59.9 Å². The van der Waals surface area contributed by atoms with Crippen LogP contribution in [0.5, 0.6) is 0 Å². The van der Waals surface area contributed by atoms with Crippen LogP contribution in [0.4, 0.5) is 0 Å². The summed E-state index contributed by atoms with van der Waals surface area (Å²) >= 11 is 0. The summed E-state index contributed by atoms with van der Waals surface area (Å²) in [5.41, 5.74) is 0. The molecular formula is C24H46NaO9P. The van der Waals surface area contributed by atoms with Gasteiger partial charge in [0.2, 0.25) is 0 Å². The van der Waals surface area contributed by atoms with Crippen LogP contribution in [0.2, 0.25) is 0 Å². The monoisotopic (exact) mass is 532 g/mol. The van der Waals surface area contributed by atoms with Crippen LogP contribution in [0.3, 0.4) is 0 Å². The van der Waals surface area contributed by atoms with E-state index in [1.165, 1.54) is 44.9 Å². The largest absolute Gasteiger partial charge is 1.00 e. The van der Waals surface area contributed by atoms with Gasteiger partial charge in [0.15, 0.2) is 0 Å². The topological polar surface area (TPSA) is 146 Å². The second kappa shape index (κ2) is 25.8. The zero-order valence-electron chi connectivity index (χ0n) is 21.8. The number of ether oxygens (including phenoxy) is 1. The van der Waals surface area contributed by atoms with Gasteiger partial charge in [-0.15, -0.1) is 0 Å². The molecule has 0 saturated heterocycles. The minimum atomic E-state index is -4.73. The number of carbonyl (C=O) groups excluding carboxylic acids is 1. The van der Waals surface area contributed by atoms with E-state index in [2.05, 4.69) is 28.1 Å². The van der Waals surface area contributed by atoms with Gasteiger partial charge in [-0.05, 0) is 32.1 Å². The molecule has 0 spiro atoms. The first-order valence-electron chi connectivity index (χ1n) is 12.7. The van der Waals surface area contributed by atoms with Gasteiger partial charge >= 0.3 is 35.5 Å². The molecule has 3 N–H and O–H groups in total. The molecule has 0 heterocycles. The number of phosphoric ester groups is 1. The molecule has 9 nitrogen and oxygen atoms in total. The number of phosphoric acid groups is 1. The maximum atomic E-state index is 11.7. The summed E-state index contributed by atoms with van der Waals surface area (Å²) in [7, 11) is -4.73. The molecule has 0 radical (unpaired) electrons. The number of hydrogen-bond donors (Lipinski definition) is 3. The summed E-state index contributed by atoms with van der Waals surface area (Å²) in [6.07, 6.45) is 17.3. The van der Waals surface area contributed by atoms with Gasteiger partial charge in [-0.25, -0.2) is 0 Å².